The average Bonchev–Trinajstić information content (AvgIpc) is 2.72. The molecule has 28 heavy (non-hydrogen) atoms. The van der Waals surface area contributed by atoms with Gasteiger partial charge in [0.2, 0.25) is 5.91 Å². The lowest BCUT2D eigenvalue weighted by Crippen LogP contribution is -2.47. The van der Waals surface area contributed by atoms with Gasteiger partial charge in [-0.3, -0.25) is 14.5 Å². The van der Waals surface area contributed by atoms with Gasteiger partial charge in [-0.2, -0.15) is 0 Å². The number of para-hydroxylation sites is 2. The van der Waals surface area contributed by atoms with Crippen molar-refractivity contribution in [1.29, 1.82) is 0 Å². The van der Waals surface area contributed by atoms with Gasteiger partial charge in [0.05, 0.1) is 30.8 Å². The van der Waals surface area contributed by atoms with E-state index in [-0.39, 0.29) is 18.4 Å². The first kappa shape index (κ1) is 18.2. The molecule has 8 nitrogen and oxygen atoms in total. The summed E-state index contributed by atoms with van der Waals surface area (Å²) in [4.78, 5) is 33.0. The molecule has 1 fully saturated rings. The van der Waals surface area contributed by atoms with Gasteiger partial charge in [0, 0.05) is 13.1 Å². The number of rotatable bonds is 4. The lowest BCUT2D eigenvalue weighted by Gasteiger charge is -2.32. The van der Waals surface area contributed by atoms with Crippen LogP contribution in [0.2, 0.25) is 0 Å². The largest absolute Gasteiger partial charge is 0.479 e. The molecule has 1 atom stereocenters. The van der Waals surface area contributed by atoms with Gasteiger partial charge < -0.3 is 19.7 Å². The van der Waals surface area contributed by atoms with Crippen molar-refractivity contribution in [3.05, 3.63) is 42.6 Å². The van der Waals surface area contributed by atoms with Crippen molar-refractivity contribution in [3.63, 3.8) is 0 Å². The minimum absolute atomic E-state index is 0.101. The molecule has 2 amide bonds. The molecule has 2 aromatic rings. The lowest BCUT2D eigenvalue weighted by atomic mass is 10.2. The minimum Gasteiger partial charge on any atom is -0.479 e. The second kappa shape index (κ2) is 7.85. The molecule has 0 radical (unpaired) electrons. The number of amides is 2. The van der Waals surface area contributed by atoms with E-state index in [9.17, 15) is 9.59 Å². The molecule has 0 bridgehead atoms. The van der Waals surface area contributed by atoms with Crippen molar-refractivity contribution in [2.45, 2.75) is 13.0 Å². The summed E-state index contributed by atoms with van der Waals surface area (Å²) in [7, 11) is 0. The Bertz CT molecular complexity index is 865. The van der Waals surface area contributed by atoms with E-state index in [1.54, 1.807) is 31.3 Å². The smallest absolute Gasteiger partial charge is 0.268 e. The Morgan fingerprint density at radius 2 is 2.00 bits per heavy atom. The predicted molar refractivity (Wildman–Crippen MR) is 105 cm³/mol. The van der Waals surface area contributed by atoms with Crippen LogP contribution in [0.3, 0.4) is 0 Å². The quantitative estimate of drug-likeness (QED) is 0.866. The number of hydrogen-bond donors (Lipinski definition) is 1. The highest BCUT2D eigenvalue weighted by atomic mass is 16.5. The molecule has 1 unspecified atom stereocenters. The van der Waals surface area contributed by atoms with Crippen LogP contribution in [0, 0.1) is 0 Å². The summed E-state index contributed by atoms with van der Waals surface area (Å²) in [5.41, 5.74) is 1.59. The summed E-state index contributed by atoms with van der Waals surface area (Å²) in [5, 5.41) is 2.76. The number of nitrogens with zero attached hydrogens (tertiary/aromatic N) is 3. The highest BCUT2D eigenvalue weighted by molar-refractivity contribution is 6.05. The van der Waals surface area contributed by atoms with Crippen LogP contribution in [0.5, 0.6) is 5.75 Å². The molecule has 1 aromatic heterocycles. The summed E-state index contributed by atoms with van der Waals surface area (Å²) in [6, 6.07) is 10.9. The van der Waals surface area contributed by atoms with E-state index in [0.717, 1.165) is 18.8 Å². The fourth-order valence-corrected chi connectivity index (χ4v) is 3.32. The molecule has 2 aliphatic rings. The minimum atomic E-state index is -0.631. The summed E-state index contributed by atoms with van der Waals surface area (Å²) < 4.78 is 10.9. The Balaban J connectivity index is 1.42. The first-order valence-corrected chi connectivity index (χ1v) is 9.27. The maximum Gasteiger partial charge on any atom is 0.268 e. The van der Waals surface area contributed by atoms with E-state index in [2.05, 4.69) is 15.2 Å². The second-order valence-corrected chi connectivity index (χ2v) is 6.70. The van der Waals surface area contributed by atoms with Crippen LogP contribution in [-0.4, -0.2) is 55.8 Å². The van der Waals surface area contributed by atoms with Crippen LogP contribution in [-0.2, 0) is 14.3 Å². The zero-order chi connectivity index (χ0) is 19.5. The van der Waals surface area contributed by atoms with Crippen molar-refractivity contribution in [2.24, 2.45) is 0 Å². The van der Waals surface area contributed by atoms with E-state index >= 15 is 0 Å². The topological polar surface area (TPSA) is 84.0 Å². The van der Waals surface area contributed by atoms with Crippen LogP contribution >= 0.6 is 0 Å². The summed E-state index contributed by atoms with van der Waals surface area (Å²) >= 11 is 0. The van der Waals surface area contributed by atoms with Gasteiger partial charge in [-0.05, 0) is 31.2 Å². The lowest BCUT2D eigenvalue weighted by molar-refractivity contribution is -0.127. The Labute approximate surface area is 163 Å². The number of ether oxygens (including phenoxy) is 2. The normalized spacial score (nSPS) is 19.0. The monoisotopic (exact) mass is 382 g/mol. The zero-order valence-electron chi connectivity index (χ0n) is 15.6. The van der Waals surface area contributed by atoms with Gasteiger partial charge in [0.25, 0.3) is 5.91 Å². The Morgan fingerprint density at radius 1 is 1.21 bits per heavy atom. The molecule has 4 rings (SSSR count). The van der Waals surface area contributed by atoms with Crippen molar-refractivity contribution < 1.29 is 19.1 Å². The molecule has 1 aromatic carbocycles. The van der Waals surface area contributed by atoms with Crippen LogP contribution in [0.4, 0.5) is 17.2 Å². The molecule has 0 aliphatic carbocycles. The number of fused-ring (bicyclic) bond motifs is 1. The maximum atomic E-state index is 12.5. The molecule has 146 valence electrons. The van der Waals surface area contributed by atoms with Crippen LogP contribution in [0.1, 0.15) is 6.92 Å². The Hall–Kier alpha value is -3.13. The van der Waals surface area contributed by atoms with E-state index in [4.69, 9.17) is 9.47 Å². The molecule has 1 saturated heterocycles. The third-order valence-corrected chi connectivity index (χ3v) is 4.77. The average molecular weight is 382 g/mol. The standard InChI is InChI=1S/C20H22N4O4/c1-14-20(26)24(16-4-2-3-5-17(16)28-14)13-19(25)22-18-7-6-15(12-21-18)23-8-10-27-11-9-23/h2-7,12,14H,8-11,13H2,1H3,(H,21,22,25). The number of hydrogen-bond acceptors (Lipinski definition) is 6. The van der Waals surface area contributed by atoms with E-state index in [1.807, 2.05) is 18.2 Å². The predicted octanol–water partition coefficient (Wildman–Crippen LogP) is 1.67. The summed E-state index contributed by atoms with van der Waals surface area (Å²) in [6.45, 7) is 4.62. The van der Waals surface area contributed by atoms with Gasteiger partial charge in [0.15, 0.2) is 6.10 Å². The number of morpholine rings is 1. The molecular weight excluding hydrogens is 360 g/mol. The molecule has 8 heteroatoms. The number of benzene rings is 1. The number of nitrogens with one attached hydrogen (secondary N) is 1. The van der Waals surface area contributed by atoms with Crippen LogP contribution in [0.25, 0.3) is 0 Å². The van der Waals surface area contributed by atoms with Crippen molar-refractivity contribution in [3.8, 4) is 5.75 Å². The highest BCUT2D eigenvalue weighted by Gasteiger charge is 2.32. The third-order valence-electron chi connectivity index (χ3n) is 4.77. The fraction of sp³-hybridized carbons (Fsp3) is 0.350. The van der Waals surface area contributed by atoms with Gasteiger partial charge in [-0.1, -0.05) is 12.1 Å². The van der Waals surface area contributed by atoms with E-state index in [1.165, 1.54) is 4.90 Å². The Kier molecular flexibility index (Phi) is 5.12. The first-order valence-electron chi connectivity index (χ1n) is 9.27. The van der Waals surface area contributed by atoms with Crippen molar-refractivity contribution >= 4 is 29.0 Å². The van der Waals surface area contributed by atoms with E-state index in [0.29, 0.717) is 30.5 Å². The zero-order valence-corrected chi connectivity index (χ0v) is 15.6. The molecule has 2 aliphatic heterocycles. The SMILES string of the molecule is CC1Oc2ccccc2N(CC(=O)Nc2ccc(N3CCOCC3)cn2)C1=O. The molecule has 1 N–H and O–H groups in total. The highest BCUT2D eigenvalue weighted by Crippen LogP contribution is 2.33. The first-order chi connectivity index (χ1) is 13.6. The number of pyridine rings is 1. The number of aromatic nitrogens is 1. The third kappa shape index (κ3) is 3.77. The van der Waals surface area contributed by atoms with Crippen molar-refractivity contribution in [2.75, 3.05) is 48.0 Å². The van der Waals surface area contributed by atoms with Gasteiger partial charge in [-0.15, -0.1) is 0 Å². The van der Waals surface area contributed by atoms with Crippen LogP contribution in [0.15, 0.2) is 42.6 Å². The van der Waals surface area contributed by atoms with Crippen molar-refractivity contribution in [1.82, 2.24) is 4.98 Å². The number of anilines is 3. The second-order valence-electron chi connectivity index (χ2n) is 6.70. The summed E-state index contributed by atoms with van der Waals surface area (Å²) in [6.07, 6.45) is 1.10. The van der Waals surface area contributed by atoms with Gasteiger partial charge in [-0.25, -0.2) is 4.98 Å². The van der Waals surface area contributed by atoms with E-state index < -0.39 is 6.10 Å². The number of carbonyl (C=O) groups is 2. The Morgan fingerprint density at radius 3 is 2.75 bits per heavy atom. The number of carbonyl (C=O) groups excluding carboxylic acids is 2. The fourth-order valence-electron chi connectivity index (χ4n) is 3.32. The van der Waals surface area contributed by atoms with Crippen LogP contribution < -0.4 is 19.9 Å². The van der Waals surface area contributed by atoms with Gasteiger partial charge >= 0.3 is 0 Å². The molecular formula is C20H22N4O4. The molecule has 0 spiro atoms. The summed E-state index contributed by atoms with van der Waals surface area (Å²) in [5.74, 6) is 0.479. The van der Waals surface area contributed by atoms with Gasteiger partial charge in [0.1, 0.15) is 18.1 Å². The maximum absolute atomic E-state index is 12.5. The molecule has 0 saturated carbocycles. The molecule has 3 heterocycles.